The summed E-state index contributed by atoms with van der Waals surface area (Å²) in [4.78, 5) is 22.9. The second-order valence-corrected chi connectivity index (χ2v) is 4.41. The van der Waals surface area contributed by atoms with Crippen LogP contribution < -0.4 is 20.1 Å². The Balaban J connectivity index is 2.89. The van der Waals surface area contributed by atoms with Gasteiger partial charge in [-0.05, 0) is 26.0 Å². The number of hydrogen-bond acceptors (Lipinski definition) is 5. The van der Waals surface area contributed by atoms with Gasteiger partial charge in [0.25, 0.3) is 5.91 Å². The summed E-state index contributed by atoms with van der Waals surface area (Å²) in [5.74, 6) is 0.269. The zero-order valence-electron chi connectivity index (χ0n) is 12.5. The Morgan fingerprint density at radius 2 is 1.95 bits per heavy atom. The maximum absolute atomic E-state index is 11.8. The third-order valence-electron chi connectivity index (χ3n) is 2.81. The molecule has 116 valence electrons. The van der Waals surface area contributed by atoms with Crippen molar-refractivity contribution in [1.82, 2.24) is 10.6 Å². The van der Waals surface area contributed by atoms with Gasteiger partial charge >= 0.3 is 6.03 Å². The van der Waals surface area contributed by atoms with E-state index in [4.69, 9.17) is 9.47 Å². The Morgan fingerprint density at radius 1 is 1.29 bits per heavy atom. The molecule has 0 fully saturated rings. The van der Waals surface area contributed by atoms with Crippen molar-refractivity contribution in [2.75, 3.05) is 14.2 Å². The summed E-state index contributed by atoms with van der Waals surface area (Å²) in [6.45, 7) is 3.09. The lowest BCUT2D eigenvalue weighted by Gasteiger charge is -2.18. The molecule has 0 saturated heterocycles. The number of rotatable bonds is 5. The summed E-state index contributed by atoms with van der Waals surface area (Å²) >= 11 is 0. The van der Waals surface area contributed by atoms with E-state index in [-0.39, 0.29) is 0 Å². The van der Waals surface area contributed by atoms with Crippen molar-refractivity contribution in [2.45, 2.75) is 26.1 Å². The maximum Gasteiger partial charge on any atom is 0.321 e. The number of urea groups is 1. The number of hydrogen-bond donors (Lipinski definition) is 3. The number of amides is 3. The van der Waals surface area contributed by atoms with Gasteiger partial charge in [-0.1, -0.05) is 0 Å². The lowest BCUT2D eigenvalue weighted by atomic mass is 10.1. The molecule has 1 aromatic carbocycles. The van der Waals surface area contributed by atoms with Crippen LogP contribution in [-0.4, -0.2) is 37.3 Å². The molecule has 0 aliphatic rings. The molecule has 21 heavy (non-hydrogen) atoms. The lowest BCUT2D eigenvalue weighted by Crippen LogP contribution is -2.44. The molecule has 0 aromatic heterocycles. The first-order chi connectivity index (χ1) is 9.88. The highest BCUT2D eigenvalue weighted by Crippen LogP contribution is 2.30. The van der Waals surface area contributed by atoms with E-state index in [0.29, 0.717) is 17.1 Å². The average molecular weight is 296 g/mol. The normalized spacial score (nSPS) is 13.0. The number of nitrogens with one attached hydrogen (secondary N) is 2. The van der Waals surface area contributed by atoms with Crippen LogP contribution in [0.15, 0.2) is 18.2 Å². The Kier molecular flexibility index (Phi) is 5.98. The van der Waals surface area contributed by atoms with Crippen molar-refractivity contribution in [3.8, 4) is 11.5 Å². The van der Waals surface area contributed by atoms with E-state index in [1.807, 2.05) is 0 Å². The molecule has 2 unspecified atom stereocenters. The van der Waals surface area contributed by atoms with Gasteiger partial charge in [0, 0.05) is 18.7 Å². The Morgan fingerprint density at radius 3 is 2.48 bits per heavy atom. The number of imide groups is 1. The van der Waals surface area contributed by atoms with E-state index in [0.717, 1.165) is 0 Å². The number of benzene rings is 1. The Hall–Kier alpha value is -2.28. The molecule has 0 bridgehead atoms. The van der Waals surface area contributed by atoms with Crippen molar-refractivity contribution in [2.24, 2.45) is 0 Å². The zero-order valence-corrected chi connectivity index (χ0v) is 12.5. The molecule has 3 N–H and O–H groups in total. The monoisotopic (exact) mass is 296 g/mol. The summed E-state index contributed by atoms with van der Waals surface area (Å²) < 4.78 is 10.6. The predicted molar refractivity (Wildman–Crippen MR) is 76.3 cm³/mol. The minimum absolute atomic E-state index is 0.323. The van der Waals surface area contributed by atoms with Crippen LogP contribution in [0.2, 0.25) is 0 Å². The van der Waals surface area contributed by atoms with Gasteiger partial charge in [-0.2, -0.15) is 0 Å². The van der Waals surface area contributed by atoms with Crippen LogP contribution in [0, 0.1) is 0 Å². The van der Waals surface area contributed by atoms with Crippen molar-refractivity contribution in [1.29, 1.82) is 0 Å². The highest BCUT2D eigenvalue weighted by molar-refractivity contribution is 5.96. The standard InChI is InChI=1S/C14H20N2O5/c1-8(17)11-6-5-10(20-4)7-12(11)21-9(2)13(18)16-14(19)15-3/h5-9,17H,1-4H3,(H2,15,16,18,19). The van der Waals surface area contributed by atoms with Crippen LogP contribution in [0.4, 0.5) is 4.79 Å². The molecule has 0 aliphatic heterocycles. The molecule has 2 atom stereocenters. The minimum Gasteiger partial charge on any atom is -0.497 e. The number of methoxy groups -OCH3 is 1. The van der Waals surface area contributed by atoms with Crippen molar-refractivity contribution in [3.63, 3.8) is 0 Å². The van der Waals surface area contributed by atoms with Gasteiger partial charge < -0.3 is 19.9 Å². The highest BCUT2D eigenvalue weighted by atomic mass is 16.5. The van der Waals surface area contributed by atoms with E-state index < -0.39 is 24.1 Å². The lowest BCUT2D eigenvalue weighted by molar-refractivity contribution is -0.126. The van der Waals surface area contributed by atoms with Crippen molar-refractivity contribution in [3.05, 3.63) is 23.8 Å². The van der Waals surface area contributed by atoms with Crippen LogP contribution in [-0.2, 0) is 4.79 Å². The van der Waals surface area contributed by atoms with Crippen LogP contribution in [0.1, 0.15) is 25.5 Å². The SMILES string of the molecule is CNC(=O)NC(=O)C(C)Oc1cc(OC)ccc1C(C)O. The molecular formula is C14H20N2O5. The fourth-order valence-corrected chi connectivity index (χ4v) is 1.61. The van der Waals surface area contributed by atoms with Crippen LogP contribution in [0.5, 0.6) is 11.5 Å². The second kappa shape index (κ2) is 7.49. The van der Waals surface area contributed by atoms with Gasteiger partial charge in [-0.25, -0.2) is 4.79 Å². The molecule has 0 saturated carbocycles. The summed E-state index contributed by atoms with van der Waals surface area (Å²) in [5, 5.41) is 14.1. The van der Waals surface area contributed by atoms with Gasteiger partial charge in [0.15, 0.2) is 6.10 Å². The number of carbonyl (C=O) groups is 2. The molecule has 1 rings (SSSR count). The first kappa shape index (κ1) is 16.8. The molecule has 7 nitrogen and oxygen atoms in total. The molecular weight excluding hydrogens is 276 g/mol. The quantitative estimate of drug-likeness (QED) is 0.752. The summed E-state index contributed by atoms with van der Waals surface area (Å²) in [6.07, 6.45) is -1.67. The third kappa shape index (κ3) is 4.64. The maximum atomic E-state index is 11.8. The molecule has 0 spiro atoms. The minimum atomic E-state index is -0.910. The Labute approximate surface area is 123 Å². The van der Waals surface area contributed by atoms with Crippen LogP contribution in [0.25, 0.3) is 0 Å². The highest BCUT2D eigenvalue weighted by Gasteiger charge is 2.20. The predicted octanol–water partition coefficient (Wildman–Crippen LogP) is 0.971. The zero-order chi connectivity index (χ0) is 16.0. The molecule has 0 aliphatic carbocycles. The summed E-state index contributed by atoms with van der Waals surface area (Å²) in [7, 11) is 2.91. The molecule has 7 heteroatoms. The van der Waals surface area contributed by atoms with E-state index in [1.54, 1.807) is 25.1 Å². The number of ether oxygens (including phenoxy) is 2. The smallest absolute Gasteiger partial charge is 0.321 e. The second-order valence-electron chi connectivity index (χ2n) is 4.41. The van der Waals surface area contributed by atoms with Gasteiger partial charge in [0.2, 0.25) is 0 Å². The summed E-state index contributed by atoms with van der Waals surface area (Å²) in [6, 6.07) is 4.30. The van der Waals surface area contributed by atoms with E-state index in [9.17, 15) is 14.7 Å². The van der Waals surface area contributed by atoms with Crippen LogP contribution >= 0.6 is 0 Å². The van der Waals surface area contributed by atoms with E-state index in [2.05, 4.69) is 10.6 Å². The van der Waals surface area contributed by atoms with E-state index in [1.165, 1.54) is 21.1 Å². The van der Waals surface area contributed by atoms with E-state index >= 15 is 0 Å². The summed E-state index contributed by atoms with van der Waals surface area (Å²) in [5.41, 5.74) is 0.524. The first-order valence-corrected chi connectivity index (χ1v) is 6.44. The van der Waals surface area contributed by atoms with Gasteiger partial charge in [0.05, 0.1) is 13.2 Å². The Bertz CT molecular complexity index is 516. The molecule has 3 amide bonds. The number of carbonyl (C=O) groups excluding carboxylic acids is 2. The fraction of sp³-hybridized carbons (Fsp3) is 0.429. The number of aliphatic hydroxyl groups is 1. The van der Waals surface area contributed by atoms with Gasteiger partial charge in [-0.3, -0.25) is 10.1 Å². The molecule has 1 aromatic rings. The largest absolute Gasteiger partial charge is 0.497 e. The number of aliphatic hydroxyl groups excluding tert-OH is 1. The average Bonchev–Trinajstić information content (AvgIpc) is 2.46. The van der Waals surface area contributed by atoms with Gasteiger partial charge in [0.1, 0.15) is 11.5 Å². The van der Waals surface area contributed by atoms with Crippen molar-refractivity contribution >= 4 is 11.9 Å². The molecule has 0 heterocycles. The topological polar surface area (TPSA) is 96.9 Å². The first-order valence-electron chi connectivity index (χ1n) is 6.44. The van der Waals surface area contributed by atoms with Gasteiger partial charge in [-0.15, -0.1) is 0 Å². The molecule has 0 radical (unpaired) electrons. The third-order valence-corrected chi connectivity index (χ3v) is 2.81. The van der Waals surface area contributed by atoms with Crippen molar-refractivity contribution < 1.29 is 24.2 Å². The van der Waals surface area contributed by atoms with Crippen LogP contribution in [0.3, 0.4) is 0 Å². The fourth-order valence-electron chi connectivity index (χ4n) is 1.61.